The van der Waals surface area contributed by atoms with Crippen molar-refractivity contribution in [1.82, 2.24) is 0 Å². The van der Waals surface area contributed by atoms with Gasteiger partial charge in [-0.25, -0.2) is 4.79 Å². The molecule has 388 valence electrons. The number of fused-ring (bicyclic) bond motifs is 7. The Labute approximate surface area is 411 Å². The fourth-order valence-electron chi connectivity index (χ4n) is 14.8. The van der Waals surface area contributed by atoms with Crippen molar-refractivity contribution in [1.29, 1.82) is 0 Å². The highest BCUT2D eigenvalue weighted by Gasteiger charge is 2.72. The quantitative estimate of drug-likeness (QED) is 0.0652. The molecule has 2 heterocycles. The average Bonchev–Trinajstić information content (AvgIpc) is 3.30. The van der Waals surface area contributed by atoms with Crippen LogP contribution in [0.3, 0.4) is 0 Å². The van der Waals surface area contributed by atoms with Gasteiger partial charge in [0.25, 0.3) is 0 Å². The minimum atomic E-state index is -1.83. The zero-order valence-corrected chi connectivity index (χ0v) is 42.4. The summed E-state index contributed by atoms with van der Waals surface area (Å²) < 4.78 is 42.1. The Morgan fingerprint density at radius 3 is 2.07 bits per heavy atom. The van der Waals surface area contributed by atoms with Crippen molar-refractivity contribution in [2.24, 2.45) is 50.2 Å². The number of ether oxygens (including phenoxy) is 7. The third-order valence-corrected chi connectivity index (χ3v) is 19.1. The number of aliphatic hydroxyl groups excluding tert-OH is 5. The minimum Gasteiger partial charge on any atom is -0.497 e. The van der Waals surface area contributed by atoms with Gasteiger partial charge in [0.1, 0.15) is 35.8 Å². The molecule has 1 aromatic rings. The van der Waals surface area contributed by atoms with Crippen LogP contribution in [0, 0.1) is 50.2 Å². The van der Waals surface area contributed by atoms with Crippen LogP contribution >= 0.6 is 0 Å². The Kier molecular flexibility index (Phi) is 14.2. The topological polar surface area (TPSA) is 234 Å². The number of carbonyl (C=O) groups is 4. The first-order valence-corrected chi connectivity index (χ1v) is 25.2. The molecule has 6 fully saturated rings. The average molecular weight is 981 g/mol. The minimum absolute atomic E-state index is 0.0199. The molecule has 70 heavy (non-hydrogen) atoms. The molecular formula is C54H76O16. The first-order chi connectivity index (χ1) is 32.8. The normalized spacial score (nSPS) is 46.4. The van der Waals surface area contributed by atoms with Gasteiger partial charge in [0.05, 0.1) is 36.9 Å². The predicted octanol–water partition coefficient (Wildman–Crippen LogP) is 5.37. The zero-order valence-electron chi connectivity index (χ0n) is 42.4. The molecule has 2 aliphatic heterocycles. The van der Waals surface area contributed by atoms with Gasteiger partial charge in [-0.05, 0) is 135 Å². The standard InChI is InChI=1S/C54H76O16/c1-28-40(60)41(61)42(62)46(65-28)69-45-44(67-30(3)56)43(68-39(59)18-13-31-11-14-32(64-10)15-12-31)29(2)66-47(45)70-48(63)54-24-23-49(4,5)25-34(54)33-16-17-36-50(6)21-20-37(57)51(7,27-55)35(50)19-22-52(36,8)53(33,9)26-38(54)58/h11-16,18,27-29,34-38,40-47,57-58,60-62H,17,19-26H2,1-10H3/b18-13+/t28?,29?,34-,35+,36+,37-,38+,40?,41?,42?,43?,44?,45?,46?,47?,50-,51-,52+,53+,54+/m0/s1. The van der Waals surface area contributed by atoms with Crippen molar-refractivity contribution in [2.75, 3.05) is 7.11 Å². The summed E-state index contributed by atoms with van der Waals surface area (Å²) in [5.74, 6) is -2.13. The molecule has 0 aromatic heterocycles. The number of allylic oxidation sites excluding steroid dienone is 2. The number of methoxy groups -OCH3 is 1. The van der Waals surface area contributed by atoms with Crippen molar-refractivity contribution >= 4 is 30.3 Å². The molecule has 0 radical (unpaired) electrons. The van der Waals surface area contributed by atoms with Crippen LogP contribution in [0.1, 0.15) is 126 Å². The van der Waals surface area contributed by atoms with E-state index in [0.717, 1.165) is 38.0 Å². The third-order valence-electron chi connectivity index (χ3n) is 19.1. The summed E-state index contributed by atoms with van der Waals surface area (Å²) >= 11 is 0. The van der Waals surface area contributed by atoms with E-state index in [2.05, 4.69) is 40.7 Å². The van der Waals surface area contributed by atoms with Crippen LogP contribution in [0.25, 0.3) is 6.08 Å². The molecule has 0 spiro atoms. The summed E-state index contributed by atoms with van der Waals surface area (Å²) in [6.07, 6.45) is -5.84. The smallest absolute Gasteiger partial charge is 0.331 e. The van der Waals surface area contributed by atoms with Gasteiger partial charge >= 0.3 is 17.9 Å². The van der Waals surface area contributed by atoms with Gasteiger partial charge in [-0.2, -0.15) is 0 Å². The second-order valence-electron chi connectivity index (χ2n) is 23.5. The van der Waals surface area contributed by atoms with Gasteiger partial charge in [0.2, 0.25) is 6.29 Å². The molecule has 16 heteroatoms. The highest BCUT2D eigenvalue weighted by atomic mass is 16.8. The van der Waals surface area contributed by atoms with E-state index in [9.17, 15) is 39.9 Å². The molecule has 7 aliphatic rings. The van der Waals surface area contributed by atoms with Gasteiger partial charge in [-0.1, -0.05) is 65.3 Å². The van der Waals surface area contributed by atoms with E-state index in [1.165, 1.54) is 26.2 Å². The van der Waals surface area contributed by atoms with E-state index in [1.54, 1.807) is 31.2 Å². The SMILES string of the molecule is COc1ccc(/C=C/C(=O)OC2C(C)OC(OC(=O)[C@]34CCC(C)(C)C[C@H]3C3=CC[C@@H]5[C@@]6(C)CC[C@H](O)[C@@](C)(C=O)[C@@H]6CC[C@@]5(C)[C@]3(C)C[C@H]4O)C(OC3OC(C)C(O)C(O)C3O)C2OC(C)=O)cc1. The Balaban J connectivity index is 1.14. The van der Waals surface area contributed by atoms with Crippen molar-refractivity contribution in [2.45, 2.75) is 194 Å². The number of esters is 3. The maximum absolute atomic E-state index is 15.6. The molecule has 1 aromatic carbocycles. The molecule has 8 rings (SSSR count). The van der Waals surface area contributed by atoms with Gasteiger partial charge in [-0.15, -0.1) is 0 Å². The summed E-state index contributed by atoms with van der Waals surface area (Å²) in [7, 11) is 1.54. The predicted molar refractivity (Wildman–Crippen MR) is 252 cm³/mol. The molecule has 16 nitrogen and oxygen atoms in total. The summed E-state index contributed by atoms with van der Waals surface area (Å²) in [5.41, 5.74) is -1.95. The van der Waals surface area contributed by atoms with Gasteiger partial charge < -0.3 is 63.5 Å². The van der Waals surface area contributed by atoms with E-state index in [0.29, 0.717) is 37.0 Å². The molecule has 20 atom stereocenters. The number of hydrogen-bond acceptors (Lipinski definition) is 16. The summed E-state index contributed by atoms with van der Waals surface area (Å²) in [6.45, 7) is 17.3. The van der Waals surface area contributed by atoms with Crippen molar-refractivity contribution < 1.29 is 77.9 Å². The highest BCUT2D eigenvalue weighted by molar-refractivity contribution is 5.87. The maximum atomic E-state index is 15.6. The van der Waals surface area contributed by atoms with Crippen LogP contribution in [0.2, 0.25) is 0 Å². The number of aliphatic hydroxyl groups is 5. The van der Waals surface area contributed by atoms with Gasteiger partial charge in [0, 0.05) is 13.0 Å². The third kappa shape index (κ3) is 8.57. The van der Waals surface area contributed by atoms with E-state index in [4.69, 9.17) is 33.2 Å². The molecule has 5 aliphatic carbocycles. The lowest BCUT2D eigenvalue weighted by Crippen LogP contribution is -2.68. The first-order valence-electron chi connectivity index (χ1n) is 25.2. The van der Waals surface area contributed by atoms with Crippen molar-refractivity contribution in [3.63, 3.8) is 0 Å². The summed E-state index contributed by atoms with van der Waals surface area (Å²) in [5, 5.41) is 56.7. The highest BCUT2D eigenvalue weighted by Crippen LogP contribution is 2.76. The van der Waals surface area contributed by atoms with Crippen molar-refractivity contribution in [3.05, 3.63) is 47.6 Å². The number of aldehydes is 1. The Bertz CT molecular complexity index is 2210. The first kappa shape index (κ1) is 52.6. The van der Waals surface area contributed by atoms with Gasteiger partial charge in [0.15, 0.2) is 24.6 Å². The number of benzene rings is 1. The second-order valence-corrected chi connectivity index (χ2v) is 23.5. The molecule has 4 saturated carbocycles. The number of hydrogen-bond donors (Lipinski definition) is 5. The fourth-order valence-corrected chi connectivity index (χ4v) is 14.8. The molecular weight excluding hydrogens is 905 g/mol. The lowest BCUT2D eigenvalue weighted by Gasteiger charge is -2.71. The van der Waals surface area contributed by atoms with Gasteiger partial charge in [-0.3, -0.25) is 9.59 Å². The Morgan fingerprint density at radius 2 is 1.41 bits per heavy atom. The second kappa shape index (κ2) is 18.9. The summed E-state index contributed by atoms with van der Waals surface area (Å²) in [6, 6.07) is 6.93. The zero-order chi connectivity index (χ0) is 51.1. The van der Waals surface area contributed by atoms with E-state index >= 15 is 4.79 Å². The van der Waals surface area contributed by atoms with Crippen LogP contribution in [-0.4, -0.2) is 130 Å². The molecule has 2 saturated heterocycles. The van der Waals surface area contributed by atoms with Crippen LogP contribution in [-0.2, 0) is 47.6 Å². The van der Waals surface area contributed by atoms with Crippen LogP contribution < -0.4 is 4.74 Å². The summed E-state index contributed by atoms with van der Waals surface area (Å²) in [4.78, 5) is 54.9. The largest absolute Gasteiger partial charge is 0.497 e. The lowest BCUT2D eigenvalue weighted by atomic mass is 9.33. The Hall–Kier alpha value is -3.74. The molecule has 0 bridgehead atoms. The fraction of sp³-hybridized carbons (Fsp3) is 0.741. The molecule has 10 unspecified atom stereocenters. The van der Waals surface area contributed by atoms with E-state index in [-0.39, 0.29) is 40.9 Å². The van der Waals surface area contributed by atoms with Crippen LogP contribution in [0.15, 0.2) is 42.0 Å². The van der Waals surface area contributed by atoms with E-state index in [1.807, 2.05) is 6.92 Å². The molecule has 5 N–H and O–H groups in total. The van der Waals surface area contributed by atoms with Crippen LogP contribution in [0.5, 0.6) is 5.75 Å². The monoisotopic (exact) mass is 981 g/mol. The maximum Gasteiger partial charge on any atom is 0.331 e. The van der Waals surface area contributed by atoms with E-state index < -0.39 is 114 Å². The number of carbonyl (C=O) groups excluding carboxylic acids is 4. The lowest BCUT2D eigenvalue weighted by molar-refractivity contribution is -0.359. The Morgan fingerprint density at radius 1 is 0.729 bits per heavy atom. The van der Waals surface area contributed by atoms with Crippen LogP contribution in [0.4, 0.5) is 0 Å². The number of rotatable bonds is 10. The van der Waals surface area contributed by atoms with Crippen molar-refractivity contribution in [3.8, 4) is 5.75 Å². The molecule has 0 amide bonds.